The highest BCUT2D eigenvalue weighted by molar-refractivity contribution is 6.39. The molecule has 0 spiro atoms. The molecular formula is C52H79NO13. The van der Waals surface area contributed by atoms with Crippen LogP contribution in [0.1, 0.15) is 124 Å². The highest BCUT2D eigenvalue weighted by Gasteiger charge is 2.56. The molecule has 0 radical (unpaired) electrons. The molecule has 370 valence electrons. The van der Waals surface area contributed by atoms with E-state index >= 15 is 0 Å². The maximum atomic E-state index is 14.5. The standard InChI is InChI=1S/C52H79NO13/c1-11-37-24-31(2)23-32(3)25-44(61-8)48-45(62-9)27-34(5)52(59,66-48)49(56)50(57)53-22-16-15-19-39(53)51(58)65-47(35(6)40(54)29-41(37)55)33(4)26-36-20-21-42(43(28-36)60-7)64-30-46(63-10)38-17-13-12-14-18-38/h12-14,17-18,24,26,32,34-37,39-40,42-48,54,59H,11,15-16,19-23,25,27-30H2,1-10H3/b31-24+,33-26?. The van der Waals surface area contributed by atoms with Crippen molar-refractivity contribution in [2.45, 2.75) is 173 Å². The van der Waals surface area contributed by atoms with Crippen LogP contribution in [0.25, 0.3) is 0 Å². The number of allylic oxidation sites excluding steroid dienone is 3. The summed E-state index contributed by atoms with van der Waals surface area (Å²) in [6.07, 6.45) is 4.39. The Morgan fingerprint density at radius 3 is 2.23 bits per heavy atom. The molecule has 15 atom stereocenters. The molecule has 5 rings (SSSR count). The van der Waals surface area contributed by atoms with Gasteiger partial charge in [-0.3, -0.25) is 14.4 Å². The lowest BCUT2D eigenvalue weighted by molar-refractivity contribution is -0.302. The van der Waals surface area contributed by atoms with Crippen LogP contribution in [0.2, 0.25) is 0 Å². The minimum atomic E-state index is -2.51. The van der Waals surface area contributed by atoms with Gasteiger partial charge in [0, 0.05) is 59.2 Å². The number of methoxy groups -OCH3 is 4. The van der Waals surface area contributed by atoms with Gasteiger partial charge in [-0.1, -0.05) is 75.8 Å². The fraction of sp³-hybridized carbons (Fsp3) is 0.731. The maximum Gasteiger partial charge on any atom is 0.329 e. The largest absolute Gasteiger partial charge is 0.456 e. The van der Waals surface area contributed by atoms with Crippen molar-refractivity contribution in [3.8, 4) is 0 Å². The Bertz CT molecular complexity index is 1820. The SMILES string of the molecule is CCC1/C=C(\C)CC(C)CC(OC)C2OC(O)(C(=O)C(=O)N3CCCCC3C(=O)OC(C(C)=CC3CCC(OCC(OC)c4ccccc4)C(OC)C3)C(C)C(O)CC1=O)C(C)CC2OC. The van der Waals surface area contributed by atoms with Crippen molar-refractivity contribution in [2.75, 3.05) is 41.6 Å². The number of nitrogens with zero attached hydrogens (tertiary/aromatic N) is 1. The summed E-state index contributed by atoms with van der Waals surface area (Å²) in [4.78, 5) is 58.5. The van der Waals surface area contributed by atoms with Gasteiger partial charge < -0.3 is 48.3 Å². The molecule has 66 heavy (non-hydrogen) atoms. The molecule has 14 heteroatoms. The average molecular weight is 926 g/mol. The molecule has 2 bridgehead atoms. The number of piperidine rings is 1. The summed E-state index contributed by atoms with van der Waals surface area (Å²) in [7, 11) is 6.42. The summed E-state index contributed by atoms with van der Waals surface area (Å²) in [6, 6.07) is 8.79. The molecule has 1 aromatic rings. The maximum absolute atomic E-state index is 14.5. The molecule has 3 fully saturated rings. The fourth-order valence-corrected chi connectivity index (χ4v) is 10.7. The predicted octanol–water partition coefficient (Wildman–Crippen LogP) is 6.88. The molecule has 15 unspecified atom stereocenters. The molecule has 3 aliphatic heterocycles. The molecule has 1 saturated carbocycles. The third-order valence-corrected chi connectivity index (χ3v) is 14.8. The van der Waals surface area contributed by atoms with Gasteiger partial charge in [-0.25, -0.2) is 4.79 Å². The lowest BCUT2D eigenvalue weighted by atomic mass is 9.81. The van der Waals surface area contributed by atoms with Crippen LogP contribution in [-0.4, -0.2) is 135 Å². The lowest BCUT2D eigenvalue weighted by Gasteiger charge is -2.47. The van der Waals surface area contributed by atoms with Crippen molar-refractivity contribution in [3.63, 3.8) is 0 Å². The van der Waals surface area contributed by atoms with Crippen molar-refractivity contribution in [1.82, 2.24) is 4.90 Å². The number of esters is 1. The quantitative estimate of drug-likeness (QED) is 0.134. The Morgan fingerprint density at radius 2 is 1.58 bits per heavy atom. The van der Waals surface area contributed by atoms with Crippen LogP contribution in [0.5, 0.6) is 0 Å². The van der Waals surface area contributed by atoms with Crippen molar-refractivity contribution in [3.05, 3.63) is 59.2 Å². The number of carbonyl (C=O) groups is 4. The summed E-state index contributed by atoms with van der Waals surface area (Å²) < 4.78 is 42.6. The van der Waals surface area contributed by atoms with E-state index in [1.807, 2.05) is 57.2 Å². The van der Waals surface area contributed by atoms with Crippen molar-refractivity contribution < 1.29 is 62.5 Å². The number of ketones is 2. The summed E-state index contributed by atoms with van der Waals surface area (Å²) in [6.45, 7) is 11.7. The number of aliphatic hydroxyl groups is 2. The molecule has 0 aromatic heterocycles. The third kappa shape index (κ3) is 13.0. The number of cyclic esters (lactones) is 1. The van der Waals surface area contributed by atoms with E-state index < -0.39 is 77.8 Å². The first-order valence-electron chi connectivity index (χ1n) is 24.3. The highest BCUT2D eigenvalue weighted by Crippen LogP contribution is 2.39. The van der Waals surface area contributed by atoms with E-state index in [4.69, 9.17) is 33.2 Å². The first-order chi connectivity index (χ1) is 31.5. The summed E-state index contributed by atoms with van der Waals surface area (Å²) in [5.74, 6) is -7.51. The van der Waals surface area contributed by atoms with Crippen LogP contribution in [0.3, 0.4) is 0 Å². The van der Waals surface area contributed by atoms with Crippen LogP contribution in [0, 0.1) is 29.6 Å². The van der Waals surface area contributed by atoms with E-state index in [1.165, 1.54) is 19.1 Å². The number of ether oxygens (including phenoxy) is 7. The second-order valence-corrected chi connectivity index (χ2v) is 19.6. The Labute approximate surface area is 393 Å². The van der Waals surface area contributed by atoms with Crippen LogP contribution >= 0.6 is 0 Å². The summed E-state index contributed by atoms with van der Waals surface area (Å²) in [5, 5.41) is 24.0. The third-order valence-electron chi connectivity index (χ3n) is 14.8. The molecule has 4 aliphatic rings. The molecule has 1 aliphatic carbocycles. The average Bonchev–Trinajstić information content (AvgIpc) is 3.31. The minimum Gasteiger partial charge on any atom is -0.456 e. The Morgan fingerprint density at radius 1 is 0.894 bits per heavy atom. The predicted molar refractivity (Wildman–Crippen MR) is 248 cm³/mol. The van der Waals surface area contributed by atoms with E-state index in [0.717, 1.165) is 17.6 Å². The first-order valence-corrected chi connectivity index (χ1v) is 24.3. The van der Waals surface area contributed by atoms with Gasteiger partial charge >= 0.3 is 5.97 Å². The zero-order chi connectivity index (χ0) is 48.3. The van der Waals surface area contributed by atoms with Gasteiger partial charge in [0.2, 0.25) is 5.79 Å². The summed E-state index contributed by atoms with van der Waals surface area (Å²) in [5.41, 5.74) is 2.71. The Hall–Kier alpha value is -3.34. The highest BCUT2D eigenvalue weighted by atomic mass is 16.7. The fourth-order valence-electron chi connectivity index (χ4n) is 10.7. The van der Waals surface area contributed by atoms with Crippen LogP contribution < -0.4 is 0 Å². The van der Waals surface area contributed by atoms with E-state index in [0.29, 0.717) is 57.1 Å². The van der Waals surface area contributed by atoms with E-state index in [-0.39, 0.29) is 61.7 Å². The van der Waals surface area contributed by atoms with Crippen molar-refractivity contribution in [1.29, 1.82) is 0 Å². The minimum absolute atomic E-state index is 0.0137. The van der Waals surface area contributed by atoms with Gasteiger partial charge in [-0.05, 0) is 101 Å². The monoisotopic (exact) mass is 926 g/mol. The topological polar surface area (TPSA) is 177 Å². The normalized spacial score (nSPS) is 37.5. The zero-order valence-electron chi connectivity index (χ0n) is 41.1. The molecule has 14 nitrogen and oxygen atoms in total. The van der Waals surface area contributed by atoms with Gasteiger partial charge in [0.15, 0.2) is 0 Å². The van der Waals surface area contributed by atoms with Crippen LogP contribution in [0.15, 0.2) is 53.6 Å². The van der Waals surface area contributed by atoms with Gasteiger partial charge in [-0.15, -0.1) is 0 Å². The molecule has 1 amide bonds. The van der Waals surface area contributed by atoms with Crippen molar-refractivity contribution >= 4 is 23.4 Å². The number of Topliss-reactive ketones (excluding diaryl/α,β-unsaturated/α-hetero) is 2. The molecule has 1 aromatic carbocycles. The van der Waals surface area contributed by atoms with E-state index in [9.17, 15) is 29.4 Å². The number of benzene rings is 1. The molecule has 3 heterocycles. The number of rotatable bonds is 11. The number of fused-ring (bicyclic) bond motifs is 3. The van der Waals surface area contributed by atoms with Gasteiger partial charge in [0.05, 0.1) is 37.1 Å². The Kier molecular flexibility index (Phi) is 20.1. The smallest absolute Gasteiger partial charge is 0.329 e. The number of amides is 1. The number of hydrogen-bond donors (Lipinski definition) is 2. The lowest BCUT2D eigenvalue weighted by Crippen LogP contribution is -2.64. The van der Waals surface area contributed by atoms with E-state index in [2.05, 4.69) is 13.0 Å². The van der Waals surface area contributed by atoms with Gasteiger partial charge in [0.1, 0.15) is 30.1 Å². The van der Waals surface area contributed by atoms with Gasteiger partial charge in [0.25, 0.3) is 11.7 Å². The second-order valence-electron chi connectivity index (χ2n) is 19.6. The second kappa shape index (κ2) is 24.8. The van der Waals surface area contributed by atoms with Gasteiger partial charge in [-0.2, -0.15) is 0 Å². The number of hydrogen-bond acceptors (Lipinski definition) is 13. The van der Waals surface area contributed by atoms with Crippen LogP contribution in [0.4, 0.5) is 0 Å². The summed E-state index contributed by atoms with van der Waals surface area (Å²) >= 11 is 0. The first kappa shape index (κ1) is 53.6. The number of carbonyl (C=O) groups excluding carboxylic acids is 4. The molecule has 2 N–H and O–H groups in total. The molecular weight excluding hydrogens is 847 g/mol. The number of aliphatic hydroxyl groups excluding tert-OH is 1. The zero-order valence-corrected chi connectivity index (χ0v) is 41.1. The molecule has 2 saturated heterocycles. The van der Waals surface area contributed by atoms with Crippen molar-refractivity contribution in [2.24, 2.45) is 29.6 Å². The van der Waals surface area contributed by atoms with E-state index in [1.54, 1.807) is 28.1 Å². The van der Waals surface area contributed by atoms with Crippen LogP contribution in [-0.2, 0) is 52.3 Å². The Balaban J connectivity index is 1.45.